The van der Waals surface area contributed by atoms with Crippen LogP contribution in [0.1, 0.15) is 70.8 Å². The van der Waals surface area contributed by atoms with Gasteiger partial charge in [-0.1, -0.05) is 79.8 Å². The van der Waals surface area contributed by atoms with Gasteiger partial charge in [-0.3, -0.25) is 19.7 Å². The molecule has 0 bridgehead atoms. The Morgan fingerprint density at radius 2 is 1.41 bits per heavy atom. The molecule has 0 radical (unpaired) electrons. The first-order valence-electron chi connectivity index (χ1n) is 15.4. The van der Waals surface area contributed by atoms with Crippen LogP contribution in [0.4, 0.5) is 5.69 Å². The Kier molecular flexibility index (Phi) is 20.4. The van der Waals surface area contributed by atoms with E-state index in [9.17, 15) is 35.2 Å². The molecule has 0 unspecified atom stereocenters. The van der Waals surface area contributed by atoms with Crippen LogP contribution in [0, 0.1) is 21.4 Å². The van der Waals surface area contributed by atoms with Crippen molar-refractivity contribution >= 4 is 23.6 Å². The molecule has 2 N–H and O–H groups in total. The van der Waals surface area contributed by atoms with E-state index in [2.05, 4.69) is 67.7 Å². The molecule has 0 spiro atoms. The molecule has 0 aliphatic rings. The number of ether oxygens (including phenoxy) is 1. The van der Waals surface area contributed by atoms with Gasteiger partial charge in [0.2, 0.25) is 5.75 Å². The lowest BCUT2D eigenvalue weighted by atomic mass is 10.1. The number of esters is 1. The number of nitro groups is 1. The number of nitrogens with zero attached hydrogens (tertiary/aromatic N) is 3. The van der Waals surface area contributed by atoms with Crippen molar-refractivity contribution in [2.24, 2.45) is 0 Å². The fraction of sp³-hybridized carbons (Fsp3) is 0.361. The van der Waals surface area contributed by atoms with Gasteiger partial charge in [-0.15, -0.1) is 0 Å². The van der Waals surface area contributed by atoms with E-state index in [0.717, 1.165) is 56.7 Å². The number of allylic oxidation sites excluding steroid dienone is 12. The molecule has 46 heavy (non-hydrogen) atoms. The van der Waals surface area contributed by atoms with Gasteiger partial charge in [-0.25, -0.2) is 0 Å². The molecule has 0 aliphatic carbocycles. The molecule has 1 aromatic rings. The van der Waals surface area contributed by atoms with Crippen LogP contribution in [0.25, 0.3) is 6.08 Å². The monoisotopic (exact) mass is 631 g/mol. The van der Waals surface area contributed by atoms with E-state index in [0.29, 0.717) is 6.42 Å². The van der Waals surface area contributed by atoms with Crippen molar-refractivity contribution in [3.63, 3.8) is 0 Å². The number of rotatable bonds is 21. The minimum absolute atomic E-state index is 0.0104. The van der Waals surface area contributed by atoms with Gasteiger partial charge in [0.15, 0.2) is 5.75 Å². The number of hydrogen-bond donors (Lipinski definition) is 2. The normalized spacial score (nSPS) is 12.3. The molecule has 246 valence electrons. The Morgan fingerprint density at radius 3 is 1.89 bits per heavy atom. The molecule has 1 aromatic carbocycles. The highest BCUT2D eigenvalue weighted by molar-refractivity contribution is 6.01. The Morgan fingerprint density at radius 1 is 0.891 bits per heavy atom. The first-order chi connectivity index (χ1) is 22.2. The van der Waals surface area contributed by atoms with Crippen LogP contribution in [0.15, 0.2) is 90.6 Å². The van der Waals surface area contributed by atoms with Gasteiger partial charge >= 0.3 is 11.7 Å². The summed E-state index contributed by atoms with van der Waals surface area (Å²) in [5, 5.41) is 40.0. The van der Waals surface area contributed by atoms with Crippen molar-refractivity contribution in [2.45, 2.75) is 65.2 Å². The van der Waals surface area contributed by atoms with E-state index >= 15 is 0 Å². The van der Waals surface area contributed by atoms with Crippen LogP contribution in [-0.2, 0) is 14.3 Å². The van der Waals surface area contributed by atoms with Crippen molar-refractivity contribution < 1.29 is 29.5 Å². The molecule has 0 aromatic heterocycles. The number of amides is 1. The van der Waals surface area contributed by atoms with E-state index in [1.165, 1.54) is 4.90 Å². The molecular formula is C36H45N3O7. The largest absolute Gasteiger partial charge is 0.504 e. The fourth-order valence-electron chi connectivity index (χ4n) is 3.91. The summed E-state index contributed by atoms with van der Waals surface area (Å²) < 4.78 is 5.23. The lowest BCUT2D eigenvalue weighted by molar-refractivity contribution is -0.386. The zero-order valence-corrected chi connectivity index (χ0v) is 26.7. The SMILES string of the molecule is CC/C=C\C/C=C\C/C=C\C/C=C\C/C=C\C/C=C\CCC(=O)OCCN(CC)C(=O)/C(C#N)=C/c1cc(O)c(O)c([N+](=O)[O-])c1. The van der Waals surface area contributed by atoms with E-state index in [-0.39, 0.29) is 37.3 Å². The summed E-state index contributed by atoms with van der Waals surface area (Å²) in [5.41, 5.74) is -1.12. The van der Waals surface area contributed by atoms with Crippen LogP contribution in [0.5, 0.6) is 11.5 Å². The average Bonchev–Trinajstić information content (AvgIpc) is 3.04. The number of carbonyl (C=O) groups excluding carboxylic acids is 2. The summed E-state index contributed by atoms with van der Waals surface area (Å²) in [6.07, 6.45) is 32.7. The lowest BCUT2D eigenvalue weighted by Crippen LogP contribution is -2.35. The van der Waals surface area contributed by atoms with Crippen molar-refractivity contribution in [3.05, 3.63) is 106 Å². The fourth-order valence-corrected chi connectivity index (χ4v) is 3.91. The number of phenolic OH excluding ortho intramolecular Hbond substituents is 2. The second-order valence-electron chi connectivity index (χ2n) is 9.89. The van der Waals surface area contributed by atoms with E-state index in [1.807, 2.05) is 12.2 Å². The highest BCUT2D eigenvalue weighted by Crippen LogP contribution is 2.36. The standard InChI is InChI=1S/C36H45N3O7/c1-3-5-6-7-8-9-10-11-12-13-14-15-16-17-18-19-20-21-22-23-34(41)46-25-24-38(4-2)36(43)31(29-37)26-30-27-32(39(44)45)35(42)33(40)28-30/h5-6,8-9,11-12,14-15,17-18,20-21,26-28,40,42H,3-4,7,10,13,16,19,22-25H2,1-2H3/b6-5-,9-8-,12-11-,15-14-,18-17-,21-20-,31-26+. The molecule has 0 aliphatic heterocycles. The number of likely N-dealkylation sites (N-methyl/N-ethyl adjacent to an activating group) is 1. The zero-order chi connectivity index (χ0) is 34.0. The van der Waals surface area contributed by atoms with Crippen LogP contribution >= 0.6 is 0 Å². The van der Waals surface area contributed by atoms with Gasteiger partial charge in [0.05, 0.1) is 11.5 Å². The van der Waals surface area contributed by atoms with Crippen molar-refractivity contribution in [2.75, 3.05) is 19.7 Å². The molecule has 0 atom stereocenters. The molecule has 10 heteroatoms. The lowest BCUT2D eigenvalue weighted by Gasteiger charge is -2.20. The maximum absolute atomic E-state index is 12.8. The van der Waals surface area contributed by atoms with Gasteiger partial charge in [-0.2, -0.15) is 5.26 Å². The highest BCUT2D eigenvalue weighted by atomic mass is 16.6. The maximum atomic E-state index is 12.8. The third-order valence-electron chi connectivity index (χ3n) is 6.36. The number of nitriles is 1. The second-order valence-corrected chi connectivity index (χ2v) is 9.89. The summed E-state index contributed by atoms with van der Waals surface area (Å²) in [6.45, 7) is 4.01. The molecule has 10 nitrogen and oxygen atoms in total. The molecule has 1 rings (SSSR count). The highest BCUT2D eigenvalue weighted by Gasteiger charge is 2.21. The molecular weight excluding hydrogens is 586 g/mol. The quantitative estimate of drug-likeness (QED) is 0.0265. The number of aromatic hydroxyl groups is 2. The van der Waals surface area contributed by atoms with Crippen LogP contribution < -0.4 is 0 Å². The zero-order valence-electron chi connectivity index (χ0n) is 26.7. The van der Waals surface area contributed by atoms with Gasteiger partial charge < -0.3 is 19.8 Å². The van der Waals surface area contributed by atoms with Crippen LogP contribution in [-0.4, -0.2) is 51.6 Å². The summed E-state index contributed by atoms with van der Waals surface area (Å²) in [4.78, 5) is 36.4. The smallest absolute Gasteiger partial charge is 0.315 e. The first-order valence-corrected chi connectivity index (χ1v) is 15.4. The molecule has 0 heterocycles. The molecule has 0 fully saturated rings. The summed E-state index contributed by atoms with van der Waals surface area (Å²) in [6, 6.07) is 3.69. The number of hydrogen-bond acceptors (Lipinski definition) is 8. The molecule has 1 amide bonds. The molecule has 0 saturated heterocycles. The van der Waals surface area contributed by atoms with Gasteiger partial charge in [-0.05, 0) is 69.6 Å². The van der Waals surface area contributed by atoms with Crippen molar-refractivity contribution in [1.29, 1.82) is 5.26 Å². The Bertz CT molecular complexity index is 1380. The van der Waals surface area contributed by atoms with Crippen LogP contribution in [0.2, 0.25) is 0 Å². The number of carbonyl (C=O) groups is 2. The van der Waals surface area contributed by atoms with Gasteiger partial charge in [0, 0.05) is 19.0 Å². The minimum atomic E-state index is -0.912. The third-order valence-corrected chi connectivity index (χ3v) is 6.36. The van der Waals surface area contributed by atoms with Crippen molar-refractivity contribution in [3.8, 4) is 17.6 Å². The Labute approximate surface area is 271 Å². The molecule has 0 saturated carbocycles. The number of benzene rings is 1. The minimum Gasteiger partial charge on any atom is -0.504 e. The van der Waals surface area contributed by atoms with Crippen LogP contribution in [0.3, 0.4) is 0 Å². The summed E-state index contributed by atoms with van der Waals surface area (Å²) >= 11 is 0. The average molecular weight is 632 g/mol. The number of phenols is 2. The maximum Gasteiger partial charge on any atom is 0.315 e. The van der Waals surface area contributed by atoms with Gasteiger partial charge in [0.1, 0.15) is 18.2 Å². The summed E-state index contributed by atoms with van der Waals surface area (Å²) in [7, 11) is 0. The van der Waals surface area contributed by atoms with Gasteiger partial charge in [0.25, 0.3) is 5.91 Å². The summed E-state index contributed by atoms with van der Waals surface area (Å²) in [5.74, 6) is -2.75. The van der Waals surface area contributed by atoms with Crippen molar-refractivity contribution in [1.82, 2.24) is 4.90 Å². The first kappa shape index (κ1) is 38.9. The predicted octanol–water partition coefficient (Wildman–Crippen LogP) is 7.78. The van der Waals surface area contributed by atoms with E-state index < -0.39 is 34.0 Å². The Balaban J connectivity index is 2.34. The topological polar surface area (TPSA) is 154 Å². The second kappa shape index (κ2) is 24.2. The van der Waals surface area contributed by atoms with E-state index in [4.69, 9.17) is 4.74 Å². The number of nitro benzene ring substituents is 1. The predicted molar refractivity (Wildman–Crippen MR) is 181 cm³/mol. The third kappa shape index (κ3) is 16.6. The Hall–Kier alpha value is -5.17. The van der Waals surface area contributed by atoms with E-state index in [1.54, 1.807) is 13.0 Å².